The number of hydrogen-bond donors (Lipinski definition) is 3. The lowest BCUT2D eigenvalue weighted by Crippen LogP contribution is -2.00. The molecule has 1 aromatic carbocycles. The van der Waals surface area contributed by atoms with E-state index in [1.165, 1.54) is 0 Å². The summed E-state index contributed by atoms with van der Waals surface area (Å²) >= 11 is 0. The maximum absolute atomic E-state index is 10.6. The van der Waals surface area contributed by atoms with E-state index in [-0.39, 0.29) is 12.7 Å². The van der Waals surface area contributed by atoms with Gasteiger partial charge in [-0.2, -0.15) is 0 Å². The van der Waals surface area contributed by atoms with E-state index in [0.717, 1.165) is 11.1 Å². The molecule has 0 radical (unpaired) electrons. The fourth-order valence-electron chi connectivity index (χ4n) is 1.17. The second-order valence-electron chi connectivity index (χ2n) is 3.91. The highest BCUT2D eigenvalue weighted by Gasteiger charge is 2.06. The molecule has 0 heterocycles. The van der Waals surface area contributed by atoms with Gasteiger partial charge in [-0.1, -0.05) is 12.1 Å². The number of benzene rings is 1. The van der Waals surface area contributed by atoms with Crippen LogP contribution >= 0.6 is 0 Å². The van der Waals surface area contributed by atoms with Gasteiger partial charge in [0.05, 0.1) is 11.7 Å². The third-order valence-corrected chi connectivity index (χ3v) is 2.38. The van der Waals surface area contributed by atoms with Crippen molar-refractivity contribution in [1.29, 1.82) is 0 Å². The van der Waals surface area contributed by atoms with E-state index < -0.39 is 5.97 Å². The molecule has 0 aliphatic heterocycles. The van der Waals surface area contributed by atoms with Crippen LogP contribution in [0.1, 0.15) is 34.8 Å². The number of aliphatic hydroxyl groups excluding tert-OH is 2. The Kier molecular flexibility index (Phi) is 7.18. The Morgan fingerprint density at radius 2 is 1.94 bits per heavy atom. The van der Waals surface area contributed by atoms with Crippen LogP contribution < -0.4 is 0 Å². The van der Waals surface area contributed by atoms with E-state index in [4.69, 9.17) is 15.3 Å². The third kappa shape index (κ3) is 6.04. The summed E-state index contributed by atoms with van der Waals surface area (Å²) in [6, 6.07) is 5.28. The maximum Gasteiger partial charge on any atom is 0.335 e. The van der Waals surface area contributed by atoms with Gasteiger partial charge in [-0.3, -0.25) is 0 Å². The van der Waals surface area contributed by atoms with Crippen molar-refractivity contribution >= 4 is 5.97 Å². The van der Waals surface area contributed by atoms with Crippen LogP contribution in [0.2, 0.25) is 0 Å². The van der Waals surface area contributed by atoms with Crippen molar-refractivity contribution in [3.05, 3.63) is 34.9 Å². The molecule has 0 amide bonds. The summed E-state index contributed by atoms with van der Waals surface area (Å²) in [4.78, 5) is 10.6. The quantitative estimate of drug-likeness (QED) is 0.752. The summed E-state index contributed by atoms with van der Waals surface area (Å²) < 4.78 is 0. The minimum Gasteiger partial charge on any atom is -0.478 e. The number of carbonyl (C=O) groups is 1. The Morgan fingerprint density at radius 1 is 1.35 bits per heavy atom. The Morgan fingerprint density at radius 3 is 2.24 bits per heavy atom. The number of carboxylic acid groups (broad SMARTS) is 1. The zero-order chi connectivity index (χ0) is 13.4. The Bertz CT molecular complexity index is 358. The van der Waals surface area contributed by atoms with Crippen molar-refractivity contribution in [2.45, 2.75) is 33.3 Å². The van der Waals surface area contributed by atoms with Crippen LogP contribution in [0.25, 0.3) is 0 Å². The second kappa shape index (κ2) is 7.81. The fraction of sp³-hybridized carbons (Fsp3) is 0.462. The van der Waals surface area contributed by atoms with Crippen molar-refractivity contribution < 1.29 is 20.1 Å². The molecular formula is C13H20O4. The number of rotatable bonds is 3. The summed E-state index contributed by atoms with van der Waals surface area (Å²) in [6.45, 7) is 5.45. The van der Waals surface area contributed by atoms with Crippen LogP contribution in [-0.2, 0) is 0 Å². The molecule has 0 aliphatic rings. The van der Waals surface area contributed by atoms with Gasteiger partial charge in [0.2, 0.25) is 0 Å². The van der Waals surface area contributed by atoms with Gasteiger partial charge >= 0.3 is 5.97 Å². The molecule has 4 nitrogen and oxygen atoms in total. The SMILES string of the molecule is CC(O)CCO.Cc1cccc(C(=O)O)c1C. The summed E-state index contributed by atoms with van der Waals surface area (Å²) in [5.41, 5.74) is 2.26. The predicted octanol–water partition coefficient (Wildman–Crippen LogP) is 1.75. The third-order valence-electron chi connectivity index (χ3n) is 2.38. The zero-order valence-corrected chi connectivity index (χ0v) is 10.5. The Balaban J connectivity index is 0.000000366. The zero-order valence-electron chi connectivity index (χ0n) is 10.5. The highest BCUT2D eigenvalue weighted by Crippen LogP contribution is 2.11. The van der Waals surface area contributed by atoms with E-state index in [2.05, 4.69) is 0 Å². The lowest BCUT2D eigenvalue weighted by Gasteiger charge is -2.02. The molecule has 1 atom stereocenters. The molecular weight excluding hydrogens is 220 g/mol. The molecule has 0 bridgehead atoms. The molecule has 0 saturated carbocycles. The standard InChI is InChI=1S/C9H10O2.C4H10O2/c1-6-4-3-5-8(7(6)2)9(10)11;1-4(6)2-3-5/h3-5H,1-2H3,(H,10,11);4-6H,2-3H2,1H3. The van der Waals surface area contributed by atoms with Crippen LogP contribution in [-0.4, -0.2) is 34.0 Å². The average molecular weight is 240 g/mol. The van der Waals surface area contributed by atoms with Crippen molar-refractivity contribution in [3.8, 4) is 0 Å². The van der Waals surface area contributed by atoms with Crippen molar-refractivity contribution in [2.75, 3.05) is 6.61 Å². The lowest BCUT2D eigenvalue weighted by atomic mass is 10.0. The molecule has 1 unspecified atom stereocenters. The van der Waals surface area contributed by atoms with E-state index >= 15 is 0 Å². The number of hydrogen-bond acceptors (Lipinski definition) is 3. The van der Waals surface area contributed by atoms with E-state index in [1.807, 2.05) is 19.9 Å². The van der Waals surface area contributed by atoms with E-state index in [1.54, 1.807) is 19.1 Å². The van der Waals surface area contributed by atoms with Crippen molar-refractivity contribution in [2.24, 2.45) is 0 Å². The maximum atomic E-state index is 10.6. The Labute approximate surface area is 102 Å². The van der Waals surface area contributed by atoms with E-state index in [0.29, 0.717) is 12.0 Å². The number of carboxylic acids is 1. The first kappa shape index (κ1) is 15.6. The normalized spacial score (nSPS) is 11.4. The van der Waals surface area contributed by atoms with Gasteiger partial charge in [-0.05, 0) is 44.4 Å². The number of aliphatic hydroxyl groups is 2. The topological polar surface area (TPSA) is 77.8 Å². The van der Waals surface area contributed by atoms with Gasteiger partial charge in [0.15, 0.2) is 0 Å². The molecule has 1 aromatic rings. The lowest BCUT2D eigenvalue weighted by molar-refractivity contribution is 0.0696. The van der Waals surface area contributed by atoms with Crippen LogP contribution in [0.3, 0.4) is 0 Å². The van der Waals surface area contributed by atoms with Crippen LogP contribution in [0.4, 0.5) is 0 Å². The summed E-state index contributed by atoms with van der Waals surface area (Å²) in [5, 5.41) is 25.2. The molecule has 3 N–H and O–H groups in total. The van der Waals surface area contributed by atoms with Crippen LogP contribution in [0.15, 0.2) is 18.2 Å². The van der Waals surface area contributed by atoms with Crippen molar-refractivity contribution in [3.63, 3.8) is 0 Å². The smallest absolute Gasteiger partial charge is 0.335 e. The monoisotopic (exact) mass is 240 g/mol. The van der Waals surface area contributed by atoms with Crippen molar-refractivity contribution in [1.82, 2.24) is 0 Å². The summed E-state index contributed by atoms with van der Waals surface area (Å²) in [6.07, 6.45) is 0.134. The fourth-order valence-corrected chi connectivity index (χ4v) is 1.17. The molecule has 0 aliphatic carbocycles. The predicted molar refractivity (Wildman–Crippen MR) is 66.3 cm³/mol. The van der Waals surface area contributed by atoms with Gasteiger partial charge in [0, 0.05) is 6.61 Å². The van der Waals surface area contributed by atoms with Crippen LogP contribution in [0.5, 0.6) is 0 Å². The highest BCUT2D eigenvalue weighted by molar-refractivity contribution is 5.89. The van der Waals surface area contributed by atoms with Gasteiger partial charge < -0.3 is 15.3 Å². The molecule has 0 spiro atoms. The molecule has 96 valence electrons. The number of aromatic carboxylic acids is 1. The minimum absolute atomic E-state index is 0.0810. The molecule has 17 heavy (non-hydrogen) atoms. The minimum atomic E-state index is -0.855. The first-order chi connectivity index (χ1) is 7.90. The second-order valence-corrected chi connectivity index (χ2v) is 3.91. The molecule has 1 rings (SSSR count). The van der Waals surface area contributed by atoms with E-state index in [9.17, 15) is 4.79 Å². The van der Waals surface area contributed by atoms with Gasteiger partial charge in [-0.15, -0.1) is 0 Å². The Hall–Kier alpha value is -1.39. The van der Waals surface area contributed by atoms with Crippen LogP contribution in [0, 0.1) is 13.8 Å². The molecule has 0 aromatic heterocycles. The largest absolute Gasteiger partial charge is 0.478 e. The molecule has 4 heteroatoms. The first-order valence-corrected chi connectivity index (χ1v) is 5.48. The number of aryl methyl sites for hydroxylation is 1. The van der Waals surface area contributed by atoms with Gasteiger partial charge in [-0.25, -0.2) is 4.79 Å². The molecule has 0 fully saturated rings. The summed E-state index contributed by atoms with van der Waals surface area (Å²) in [7, 11) is 0. The highest BCUT2D eigenvalue weighted by atomic mass is 16.4. The average Bonchev–Trinajstić information content (AvgIpc) is 2.22. The first-order valence-electron chi connectivity index (χ1n) is 5.48. The van der Waals surface area contributed by atoms with Gasteiger partial charge in [0.1, 0.15) is 0 Å². The summed E-state index contributed by atoms with van der Waals surface area (Å²) in [5.74, 6) is -0.855. The molecule has 0 saturated heterocycles. The van der Waals surface area contributed by atoms with Gasteiger partial charge in [0.25, 0.3) is 0 Å².